The van der Waals surface area contributed by atoms with Gasteiger partial charge >= 0.3 is 0 Å². The van der Waals surface area contributed by atoms with Gasteiger partial charge in [0.05, 0.1) is 27.6 Å². The molecule has 1 unspecified atom stereocenters. The van der Waals surface area contributed by atoms with Crippen molar-refractivity contribution in [3.63, 3.8) is 0 Å². The molecule has 19 rings (SSSR count). The summed E-state index contributed by atoms with van der Waals surface area (Å²) in [5.41, 5.74) is 27.9. The van der Waals surface area contributed by atoms with E-state index in [1.165, 1.54) is 33.4 Å². The van der Waals surface area contributed by atoms with Crippen molar-refractivity contribution < 1.29 is 13.3 Å². The first kappa shape index (κ1) is 54.3. The molecule has 1 aliphatic rings. The van der Waals surface area contributed by atoms with Crippen molar-refractivity contribution >= 4 is 82.9 Å². The molecule has 0 amide bonds. The van der Waals surface area contributed by atoms with Gasteiger partial charge in [0.25, 0.3) is 0 Å². The van der Waals surface area contributed by atoms with Crippen LogP contribution in [0.3, 0.4) is 0 Å². The molecule has 4 heteroatoms. The van der Waals surface area contributed by atoms with Gasteiger partial charge in [-0.05, 0) is 179 Å². The first-order valence-corrected chi connectivity index (χ1v) is 32.5. The van der Waals surface area contributed by atoms with Crippen LogP contribution in [0, 0.1) is 0 Å². The maximum Gasteiger partial charge on any atom is 0.137 e. The fourth-order valence-electron chi connectivity index (χ4n) is 15.7. The summed E-state index contributed by atoms with van der Waals surface area (Å²) in [6.07, 6.45) is 0. The standard InChI is InChI=1S/C91H57NO3/c1-6-24-58(25-7-1)62-48-51-80-73(54-62)88-71(40-21-45-83(88)93-80)70-39-20-42-77-87(70)72-36-16-17-41-76(72)91(77,65-32-14-5-15-33-65)66-34-18-35-67(57-66)92(78-43-22-46-84-89(78)74-55-63(49-52-81(74)94-84)59-26-8-2-9-27-59)79-44-23-47-85-90(79)75-56-64(50-53-82(75)95-85)86-68(60-28-10-3-11-29-60)37-19-38-69(86)61-30-12-4-13-31-61/h1-57H. The predicted octanol–water partition coefficient (Wildman–Crippen LogP) is 25.2. The van der Waals surface area contributed by atoms with E-state index in [4.69, 9.17) is 13.3 Å². The number of hydrogen-bond acceptors (Lipinski definition) is 4. The Hall–Kier alpha value is -12.5. The summed E-state index contributed by atoms with van der Waals surface area (Å²) in [4.78, 5) is 2.47. The van der Waals surface area contributed by atoms with E-state index in [9.17, 15) is 0 Å². The molecule has 0 saturated carbocycles. The number of furan rings is 3. The van der Waals surface area contributed by atoms with Gasteiger partial charge in [0.15, 0.2) is 0 Å². The lowest BCUT2D eigenvalue weighted by Crippen LogP contribution is -2.29. The highest BCUT2D eigenvalue weighted by Crippen LogP contribution is 2.60. The number of anilines is 3. The van der Waals surface area contributed by atoms with Crippen molar-refractivity contribution in [2.45, 2.75) is 5.41 Å². The monoisotopic (exact) mass is 1210 g/mol. The molecule has 1 atom stereocenters. The number of nitrogens with zero attached hydrogens (tertiary/aromatic N) is 1. The third kappa shape index (κ3) is 8.55. The Morgan fingerprint density at radius 1 is 0.221 bits per heavy atom. The van der Waals surface area contributed by atoms with Crippen molar-refractivity contribution in [3.05, 3.63) is 368 Å². The highest BCUT2D eigenvalue weighted by atomic mass is 16.3. The van der Waals surface area contributed by atoms with Crippen LogP contribution in [-0.4, -0.2) is 0 Å². The fourth-order valence-corrected chi connectivity index (χ4v) is 15.7. The lowest BCUT2D eigenvalue weighted by molar-refractivity contribution is 0.668. The van der Waals surface area contributed by atoms with E-state index in [1.54, 1.807) is 0 Å². The summed E-state index contributed by atoms with van der Waals surface area (Å²) in [6.45, 7) is 0. The molecule has 0 bridgehead atoms. The van der Waals surface area contributed by atoms with Crippen LogP contribution in [0.1, 0.15) is 22.3 Å². The summed E-state index contributed by atoms with van der Waals surface area (Å²) in [6, 6.07) is 125. The molecule has 4 nitrogen and oxygen atoms in total. The Bertz CT molecular complexity index is 5970. The summed E-state index contributed by atoms with van der Waals surface area (Å²) in [7, 11) is 0. The van der Waals surface area contributed by atoms with Crippen LogP contribution in [0.5, 0.6) is 0 Å². The van der Waals surface area contributed by atoms with Crippen molar-refractivity contribution in [1.29, 1.82) is 0 Å². The maximum atomic E-state index is 7.07. The molecule has 3 aromatic heterocycles. The van der Waals surface area contributed by atoms with E-state index in [2.05, 4.69) is 351 Å². The molecule has 1 aliphatic carbocycles. The average molecular weight is 1210 g/mol. The van der Waals surface area contributed by atoms with E-state index in [0.29, 0.717) is 0 Å². The van der Waals surface area contributed by atoms with Crippen LogP contribution < -0.4 is 4.90 Å². The molecule has 444 valence electrons. The largest absolute Gasteiger partial charge is 0.456 e. The molecule has 95 heavy (non-hydrogen) atoms. The summed E-state index contributed by atoms with van der Waals surface area (Å²) < 4.78 is 20.8. The summed E-state index contributed by atoms with van der Waals surface area (Å²) >= 11 is 0. The van der Waals surface area contributed by atoms with Gasteiger partial charge in [0.2, 0.25) is 0 Å². The Labute approximate surface area is 549 Å². The lowest BCUT2D eigenvalue weighted by Gasteiger charge is -2.35. The molecule has 3 heterocycles. The molecule has 0 fully saturated rings. The highest BCUT2D eigenvalue weighted by Gasteiger charge is 2.47. The van der Waals surface area contributed by atoms with Crippen LogP contribution in [0.4, 0.5) is 17.1 Å². The van der Waals surface area contributed by atoms with Gasteiger partial charge in [0.1, 0.15) is 33.5 Å². The van der Waals surface area contributed by atoms with Crippen LogP contribution in [0.2, 0.25) is 0 Å². The van der Waals surface area contributed by atoms with Crippen molar-refractivity contribution in [1.82, 2.24) is 0 Å². The van der Waals surface area contributed by atoms with E-state index in [1.807, 2.05) is 0 Å². The van der Waals surface area contributed by atoms with Crippen LogP contribution in [-0.2, 0) is 5.41 Å². The van der Waals surface area contributed by atoms with Gasteiger partial charge in [-0.3, -0.25) is 0 Å². The maximum absolute atomic E-state index is 7.07. The zero-order chi connectivity index (χ0) is 62.6. The van der Waals surface area contributed by atoms with Gasteiger partial charge < -0.3 is 18.2 Å². The molecule has 0 aliphatic heterocycles. The minimum Gasteiger partial charge on any atom is -0.456 e. The number of benzene rings is 15. The lowest BCUT2D eigenvalue weighted by atomic mass is 9.67. The van der Waals surface area contributed by atoms with Gasteiger partial charge in [0, 0.05) is 27.2 Å². The highest BCUT2D eigenvalue weighted by molar-refractivity contribution is 6.20. The molecular formula is C91H57NO3. The minimum atomic E-state index is -0.789. The van der Waals surface area contributed by atoms with Crippen molar-refractivity contribution in [2.24, 2.45) is 0 Å². The Balaban J connectivity index is 0.870. The SMILES string of the molecule is c1ccc(-c2ccc3oc4cccc(-c5cccc6c5-c5ccccc5C6(c5ccccc5)c5cccc(N(c6cccc7oc8ccc(-c9ccccc9)cc8c67)c6cccc7oc8ccc(-c9c(-c%10ccccc%10)cccc9-c9ccccc9)cc8c67)c5)c4c3c2)cc1. The zero-order valence-electron chi connectivity index (χ0n) is 51.6. The van der Waals surface area contributed by atoms with E-state index in [0.717, 1.165) is 150 Å². The first-order valence-electron chi connectivity index (χ1n) is 32.5. The van der Waals surface area contributed by atoms with Crippen LogP contribution in [0.15, 0.2) is 359 Å². The molecular weight excluding hydrogens is 1160 g/mol. The van der Waals surface area contributed by atoms with Gasteiger partial charge in [-0.15, -0.1) is 0 Å². The average Bonchev–Trinajstić information content (AvgIpc) is 1.57. The molecule has 0 spiro atoms. The summed E-state index contributed by atoms with van der Waals surface area (Å²) in [5.74, 6) is 0. The predicted molar refractivity (Wildman–Crippen MR) is 393 cm³/mol. The zero-order valence-corrected chi connectivity index (χ0v) is 51.6. The molecule has 18 aromatic rings. The van der Waals surface area contributed by atoms with E-state index >= 15 is 0 Å². The Morgan fingerprint density at radius 2 is 0.621 bits per heavy atom. The molecule has 0 N–H and O–H groups in total. The van der Waals surface area contributed by atoms with Gasteiger partial charge in [-0.2, -0.15) is 0 Å². The third-order valence-electron chi connectivity index (χ3n) is 19.8. The van der Waals surface area contributed by atoms with Crippen LogP contribution in [0.25, 0.3) is 144 Å². The second kappa shape index (κ2) is 21.8. The smallest absolute Gasteiger partial charge is 0.137 e. The molecule has 15 aromatic carbocycles. The quantitative estimate of drug-likeness (QED) is 0.129. The minimum absolute atomic E-state index is 0.787. The third-order valence-corrected chi connectivity index (χ3v) is 19.8. The van der Waals surface area contributed by atoms with Gasteiger partial charge in [-0.1, -0.05) is 267 Å². The van der Waals surface area contributed by atoms with Crippen LogP contribution >= 0.6 is 0 Å². The van der Waals surface area contributed by atoms with Crippen molar-refractivity contribution in [2.75, 3.05) is 4.90 Å². The van der Waals surface area contributed by atoms with E-state index in [-0.39, 0.29) is 0 Å². The number of fused-ring (bicyclic) bond motifs is 12. The summed E-state index contributed by atoms with van der Waals surface area (Å²) in [5, 5.41) is 6.23. The molecule has 0 saturated heterocycles. The Morgan fingerprint density at radius 3 is 1.20 bits per heavy atom. The fraction of sp³-hybridized carbons (Fsp3) is 0.0110. The normalized spacial score (nSPS) is 13.5. The van der Waals surface area contributed by atoms with Crippen molar-refractivity contribution in [3.8, 4) is 77.9 Å². The van der Waals surface area contributed by atoms with Gasteiger partial charge in [-0.25, -0.2) is 0 Å². The topological polar surface area (TPSA) is 42.7 Å². The second-order valence-electron chi connectivity index (χ2n) is 24.9. The molecule has 0 radical (unpaired) electrons. The van der Waals surface area contributed by atoms with E-state index < -0.39 is 5.41 Å². The Kier molecular flexibility index (Phi) is 12.5. The first-order chi connectivity index (χ1) is 47.1. The number of rotatable bonds is 11. The number of hydrogen-bond donors (Lipinski definition) is 0. The second-order valence-corrected chi connectivity index (χ2v) is 24.9.